The predicted octanol–water partition coefficient (Wildman–Crippen LogP) is 5.04. The lowest BCUT2D eigenvalue weighted by Gasteiger charge is -2.12. The van der Waals surface area contributed by atoms with Crippen LogP contribution in [0.3, 0.4) is 0 Å². The summed E-state index contributed by atoms with van der Waals surface area (Å²) in [5, 5.41) is 2.81. The van der Waals surface area contributed by atoms with Gasteiger partial charge in [-0.3, -0.25) is 19.6 Å². The van der Waals surface area contributed by atoms with Gasteiger partial charge in [-0.2, -0.15) is 13.2 Å². The van der Waals surface area contributed by atoms with Gasteiger partial charge in [0.05, 0.1) is 11.3 Å². The van der Waals surface area contributed by atoms with E-state index in [0.717, 1.165) is 47.4 Å². The number of halogens is 3. The van der Waals surface area contributed by atoms with Crippen molar-refractivity contribution in [2.45, 2.75) is 25.9 Å². The first-order chi connectivity index (χ1) is 18.2. The van der Waals surface area contributed by atoms with E-state index in [0.29, 0.717) is 22.6 Å². The Labute approximate surface area is 216 Å². The van der Waals surface area contributed by atoms with Gasteiger partial charge in [-0.05, 0) is 54.7 Å². The fraction of sp³-hybridized carbons (Fsp3) is 0.185. The largest absolute Gasteiger partial charge is 0.417 e. The Bertz CT molecular complexity index is 1470. The van der Waals surface area contributed by atoms with Crippen LogP contribution in [0, 0.1) is 12.8 Å². The highest BCUT2D eigenvalue weighted by molar-refractivity contribution is 5.93. The highest BCUT2D eigenvalue weighted by Gasteiger charge is 2.31. The maximum atomic E-state index is 13.2. The smallest absolute Gasteiger partial charge is 0.372 e. The molecule has 38 heavy (non-hydrogen) atoms. The predicted molar refractivity (Wildman–Crippen MR) is 135 cm³/mol. The number of carbonyl (C=O) groups is 2. The van der Waals surface area contributed by atoms with Crippen molar-refractivity contribution in [3.05, 3.63) is 78.6 Å². The number of carbonyl (C=O) groups excluding carboxylic acids is 2. The summed E-state index contributed by atoms with van der Waals surface area (Å²) < 4.78 is 39.5. The summed E-state index contributed by atoms with van der Waals surface area (Å²) in [6.07, 6.45) is 4.53. The van der Waals surface area contributed by atoms with Crippen LogP contribution < -0.4 is 11.1 Å². The molecule has 3 heterocycles. The number of pyridine rings is 2. The van der Waals surface area contributed by atoms with E-state index in [1.165, 1.54) is 12.5 Å². The number of anilines is 1. The van der Waals surface area contributed by atoms with E-state index in [2.05, 4.69) is 31.0 Å². The second kappa shape index (κ2) is 11.2. The van der Waals surface area contributed by atoms with Gasteiger partial charge in [0, 0.05) is 53.5 Å². The van der Waals surface area contributed by atoms with Crippen LogP contribution in [0.2, 0.25) is 0 Å². The summed E-state index contributed by atoms with van der Waals surface area (Å²) in [7, 11) is 0. The molecule has 0 atom stereocenters. The molecule has 0 spiro atoms. The number of benzene rings is 1. The van der Waals surface area contributed by atoms with Crippen LogP contribution >= 0.6 is 0 Å². The molecule has 0 saturated heterocycles. The fourth-order valence-electron chi connectivity index (χ4n) is 3.75. The van der Waals surface area contributed by atoms with Crippen LogP contribution in [0.5, 0.6) is 0 Å². The van der Waals surface area contributed by atoms with E-state index >= 15 is 0 Å². The number of nitrogens with two attached hydrogens (primary N) is 1. The van der Waals surface area contributed by atoms with E-state index in [9.17, 15) is 18.0 Å². The van der Waals surface area contributed by atoms with E-state index in [1.807, 2.05) is 25.1 Å². The molecule has 3 N–H and O–H groups in total. The molecule has 1 aromatic carbocycles. The van der Waals surface area contributed by atoms with E-state index in [4.69, 9.17) is 4.79 Å². The minimum Gasteiger partial charge on any atom is -0.372 e. The van der Waals surface area contributed by atoms with Gasteiger partial charge < -0.3 is 11.1 Å². The number of aryl methyl sites for hydroxylation is 1. The molecule has 1 aliphatic carbocycles. The fourth-order valence-corrected chi connectivity index (χ4v) is 3.75. The van der Waals surface area contributed by atoms with Gasteiger partial charge in [-0.15, -0.1) is 0 Å². The van der Waals surface area contributed by atoms with Gasteiger partial charge in [0.25, 0.3) is 0 Å². The molecule has 3 aromatic heterocycles. The number of rotatable bonds is 5. The zero-order chi connectivity index (χ0) is 27.3. The second-order valence-electron chi connectivity index (χ2n) is 8.64. The zero-order valence-corrected chi connectivity index (χ0v) is 20.2. The van der Waals surface area contributed by atoms with Crippen molar-refractivity contribution in [3.63, 3.8) is 0 Å². The van der Waals surface area contributed by atoms with Crippen molar-refractivity contribution < 1.29 is 22.8 Å². The van der Waals surface area contributed by atoms with Crippen LogP contribution in [0.1, 0.15) is 24.0 Å². The van der Waals surface area contributed by atoms with Crippen molar-refractivity contribution in [3.8, 4) is 33.5 Å². The Morgan fingerprint density at radius 1 is 0.947 bits per heavy atom. The summed E-state index contributed by atoms with van der Waals surface area (Å²) in [5.41, 5.74) is 8.21. The molecule has 8 nitrogen and oxygen atoms in total. The van der Waals surface area contributed by atoms with Crippen LogP contribution in [0.25, 0.3) is 33.5 Å². The molecule has 0 unspecified atom stereocenters. The standard InChI is InChI=1S/C26H20F3N5O.CH3NO/c1-15-2-3-17(18-7-21(13-31-10-18)26(27,28)29)8-22(15)19-6-20(12-30-11-19)23-9-24(33-14-32-23)34-25(35)16-4-5-16;2-1-3/h2-3,6-14,16H,4-5H2,1H3,(H,32,33,34,35);1H,(H2,2,3). The normalized spacial score (nSPS) is 12.7. The Morgan fingerprint density at radius 3 is 2.34 bits per heavy atom. The number of hydrogen-bond donors (Lipinski definition) is 2. The van der Waals surface area contributed by atoms with Gasteiger partial charge in [0.2, 0.25) is 12.3 Å². The molecule has 1 fully saturated rings. The Morgan fingerprint density at radius 2 is 1.63 bits per heavy atom. The summed E-state index contributed by atoms with van der Waals surface area (Å²) in [6.45, 7) is 1.92. The van der Waals surface area contributed by atoms with Gasteiger partial charge in [-0.25, -0.2) is 9.97 Å². The third-order valence-corrected chi connectivity index (χ3v) is 5.85. The quantitative estimate of drug-likeness (QED) is 0.355. The minimum atomic E-state index is -4.47. The number of primary amides is 1. The molecule has 0 bridgehead atoms. The number of nitrogens with zero attached hydrogens (tertiary/aromatic N) is 4. The Hall–Kier alpha value is -4.67. The molecule has 5 rings (SSSR count). The molecule has 194 valence electrons. The lowest BCUT2D eigenvalue weighted by molar-refractivity contribution is -0.137. The molecule has 1 aliphatic rings. The molecule has 11 heteroatoms. The van der Waals surface area contributed by atoms with Crippen LogP contribution in [-0.2, 0) is 15.8 Å². The van der Waals surface area contributed by atoms with Crippen LogP contribution in [0.15, 0.2) is 67.5 Å². The average molecular weight is 521 g/mol. The monoisotopic (exact) mass is 520 g/mol. The first-order valence-electron chi connectivity index (χ1n) is 11.6. The summed E-state index contributed by atoms with van der Waals surface area (Å²) in [6, 6.07) is 10.1. The lowest BCUT2D eigenvalue weighted by atomic mass is 9.95. The SMILES string of the molecule is Cc1ccc(-c2cncc(C(F)(F)F)c2)cc1-c1cncc(-c2cc(NC(=O)C3CC3)ncn2)c1.NC=O. The van der Waals surface area contributed by atoms with Gasteiger partial charge >= 0.3 is 6.18 Å². The average Bonchev–Trinajstić information content (AvgIpc) is 3.75. The first-order valence-corrected chi connectivity index (χ1v) is 11.6. The maximum Gasteiger partial charge on any atom is 0.417 e. The van der Waals surface area contributed by atoms with E-state index in [-0.39, 0.29) is 18.2 Å². The first kappa shape index (κ1) is 26.4. The number of hydrogen-bond acceptors (Lipinski definition) is 6. The van der Waals surface area contributed by atoms with Crippen molar-refractivity contribution in [1.29, 1.82) is 0 Å². The zero-order valence-electron chi connectivity index (χ0n) is 20.2. The second-order valence-corrected chi connectivity index (χ2v) is 8.64. The summed E-state index contributed by atoms with van der Waals surface area (Å²) >= 11 is 0. The minimum absolute atomic E-state index is 0.0435. The van der Waals surface area contributed by atoms with Gasteiger partial charge in [-0.1, -0.05) is 12.1 Å². The van der Waals surface area contributed by atoms with Gasteiger partial charge in [0.1, 0.15) is 12.1 Å². The van der Waals surface area contributed by atoms with Crippen LogP contribution in [0.4, 0.5) is 19.0 Å². The topological polar surface area (TPSA) is 124 Å². The summed E-state index contributed by atoms with van der Waals surface area (Å²) in [5.74, 6) is 0.436. The maximum absolute atomic E-state index is 13.2. The van der Waals surface area contributed by atoms with Crippen molar-refractivity contribution in [2.75, 3.05) is 5.32 Å². The third kappa shape index (κ3) is 6.36. The molecular weight excluding hydrogens is 497 g/mol. The molecular formula is C27H23F3N6O2. The Balaban J connectivity index is 0.00000107. The van der Waals surface area contributed by atoms with Crippen molar-refractivity contribution in [1.82, 2.24) is 19.9 Å². The lowest BCUT2D eigenvalue weighted by Crippen LogP contribution is -2.14. The molecule has 0 radical (unpaired) electrons. The van der Waals surface area contributed by atoms with E-state index in [1.54, 1.807) is 24.5 Å². The highest BCUT2D eigenvalue weighted by Crippen LogP contribution is 2.34. The highest BCUT2D eigenvalue weighted by atomic mass is 19.4. The summed E-state index contributed by atoms with van der Waals surface area (Å²) in [4.78, 5) is 37.2. The van der Waals surface area contributed by atoms with Gasteiger partial charge in [0.15, 0.2) is 0 Å². The third-order valence-electron chi connectivity index (χ3n) is 5.85. The molecule has 1 saturated carbocycles. The number of alkyl halides is 3. The van der Waals surface area contributed by atoms with E-state index < -0.39 is 11.7 Å². The van der Waals surface area contributed by atoms with Crippen molar-refractivity contribution >= 4 is 18.1 Å². The Kier molecular flexibility index (Phi) is 7.75. The molecule has 4 aromatic rings. The number of aromatic nitrogens is 4. The molecule has 0 aliphatic heterocycles. The molecule has 2 amide bonds. The van der Waals surface area contributed by atoms with Crippen molar-refractivity contribution in [2.24, 2.45) is 11.7 Å². The number of nitrogens with one attached hydrogen (secondary N) is 1. The number of amides is 2. The van der Waals surface area contributed by atoms with Crippen LogP contribution in [-0.4, -0.2) is 32.3 Å².